The zero-order valence-electron chi connectivity index (χ0n) is 16.4. The van der Waals surface area contributed by atoms with Crippen LogP contribution in [0.2, 0.25) is 0 Å². The van der Waals surface area contributed by atoms with Crippen LogP contribution in [0.1, 0.15) is 61.9 Å². The number of aromatic nitrogens is 1. The van der Waals surface area contributed by atoms with Crippen molar-refractivity contribution >= 4 is 21.8 Å². The van der Waals surface area contributed by atoms with Gasteiger partial charge in [0.25, 0.3) is 5.91 Å². The zero-order valence-corrected chi connectivity index (χ0v) is 17.3. The summed E-state index contributed by atoms with van der Waals surface area (Å²) in [5.74, 6) is -0.477. The Morgan fingerprint density at radius 2 is 1.79 bits per heavy atom. The molecular formula is C19H30N4O4S. The van der Waals surface area contributed by atoms with E-state index < -0.39 is 10.0 Å². The van der Waals surface area contributed by atoms with Crippen molar-refractivity contribution in [3.63, 3.8) is 0 Å². The van der Waals surface area contributed by atoms with Crippen LogP contribution in [0.15, 0.2) is 17.2 Å². The number of nitrogens with zero attached hydrogens (tertiary/aromatic N) is 2. The van der Waals surface area contributed by atoms with Gasteiger partial charge in [0.2, 0.25) is 15.9 Å². The molecule has 2 fully saturated rings. The summed E-state index contributed by atoms with van der Waals surface area (Å²) in [5.41, 5.74) is 0.261. The Hall–Kier alpha value is -1.87. The highest BCUT2D eigenvalue weighted by molar-refractivity contribution is 7.89. The molecule has 1 aromatic rings. The molecule has 0 spiro atoms. The molecule has 1 aromatic heterocycles. The minimum absolute atomic E-state index is 0.000173. The van der Waals surface area contributed by atoms with Gasteiger partial charge in [0, 0.05) is 32.4 Å². The van der Waals surface area contributed by atoms with Gasteiger partial charge in [-0.05, 0) is 31.7 Å². The second kappa shape index (κ2) is 9.09. The molecule has 156 valence electrons. The number of H-pyrrole nitrogens is 1. The third-order valence-corrected chi connectivity index (χ3v) is 7.36. The summed E-state index contributed by atoms with van der Waals surface area (Å²) in [6.45, 7) is 1.15. The van der Waals surface area contributed by atoms with Crippen molar-refractivity contribution in [2.24, 2.45) is 0 Å². The number of sulfonamides is 1. The molecular weight excluding hydrogens is 380 g/mol. The molecule has 2 amide bonds. The van der Waals surface area contributed by atoms with Gasteiger partial charge in [-0.3, -0.25) is 9.59 Å². The average molecular weight is 411 g/mol. The maximum Gasteiger partial charge on any atom is 0.270 e. The van der Waals surface area contributed by atoms with Crippen LogP contribution in [0.5, 0.6) is 0 Å². The second-order valence-electron chi connectivity index (χ2n) is 7.77. The van der Waals surface area contributed by atoms with Crippen LogP contribution in [0.4, 0.5) is 0 Å². The lowest BCUT2D eigenvalue weighted by Gasteiger charge is -2.20. The van der Waals surface area contributed by atoms with E-state index in [4.69, 9.17) is 0 Å². The number of hydrogen-bond donors (Lipinski definition) is 2. The molecule has 1 aliphatic carbocycles. The summed E-state index contributed by atoms with van der Waals surface area (Å²) < 4.78 is 26.6. The van der Waals surface area contributed by atoms with E-state index in [1.54, 1.807) is 4.90 Å². The van der Waals surface area contributed by atoms with Crippen LogP contribution >= 0.6 is 0 Å². The summed E-state index contributed by atoms with van der Waals surface area (Å²) in [4.78, 5) is 29.2. The van der Waals surface area contributed by atoms with E-state index in [0.29, 0.717) is 13.1 Å². The van der Waals surface area contributed by atoms with E-state index in [2.05, 4.69) is 10.3 Å². The zero-order chi connectivity index (χ0) is 20.1. The lowest BCUT2D eigenvalue weighted by molar-refractivity contribution is -0.121. The number of amides is 2. The van der Waals surface area contributed by atoms with Gasteiger partial charge in [-0.15, -0.1) is 0 Å². The molecule has 2 N–H and O–H groups in total. The fourth-order valence-electron chi connectivity index (χ4n) is 3.90. The first-order chi connectivity index (χ1) is 13.4. The van der Waals surface area contributed by atoms with Crippen LogP contribution in [-0.4, -0.2) is 67.1 Å². The number of aromatic amines is 1. The molecule has 0 unspecified atom stereocenters. The van der Waals surface area contributed by atoms with Gasteiger partial charge in [0.15, 0.2) is 0 Å². The predicted molar refractivity (Wildman–Crippen MR) is 105 cm³/mol. The van der Waals surface area contributed by atoms with Gasteiger partial charge in [0.1, 0.15) is 10.6 Å². The van der Waals surface area contributed by atoms with Crippen LogP contribution in [0.25, 0.3) is 0 Å². The number of carbonyl (C=O) groups excluding carboxylic acids is 2. The Labute approximate surface area is 166 Å². The van der Waals surface area contributed by atoms with Crippen LogP contribution in [0, 0.1) is 0 Å². The molecule has 0 bridgehead atoms. The van der Waals surface area contributed by atoms with E-state index in [9.17, 15) is 18.0 Å². The SMILES string of the molecule is CN(CC(=O)NC1CCCCCC1)S(=O)(=O)c1c[nH]c(C(=O)N2CCCC2)c1. The van der Waals surface area contributed by atoms with Crippen molar-refractivity contribution in [3.8, 4) is 0 Å². The summed E-state index contributed by atoms with van der Waals surface area (Å²) in [6, 6.07) is 1.48. The molecule has 1 saturated heterocycles. The monoisotopic (exact) mass is 410 g/mol. The Morgan fingerprint density at radius 3 is 2.43 bits per heavy atom. The van der Waals surface area contributed by atoms with Crippen molar-refractivity contribution in [1.82, 2.24) is 19.5 Å². The fraction of sp³-hybridized carbons (Fsp3) is 0.684. The third-order valence-electron chi connectivity index (χ3n) is 5.57. The molecule has 9 heteroatoms. The number of likely N-dealkylation sites (N-methyl/N-ethyl adjacent to an activating group) is 1. The number of rotatable bonds is 6. The van der Waals surface area contributed by atoms with Crippen LogP contribution < -0.4 is 5.32 Å². The van der Waals surface area contributed by atoms with Gasteiger partial charge in [0.05, 0.1) is 6.54 Å². The Kier molecular flexibility index (Phi) is 6.77. The van der Waals surface area contributed by atoms with E-state index in [0.717, 1.165) is 42.8 Å². The van der Waals surface area contributed by atoms with Crippen molar-refractivity contribution in [3.05, 3.63) is 18.0 Å². The molecule has 0 aromatic carbocycles. The van der Waals surface area contributed by atoms with Gasteiger partial charge in [-0.2, -0.15) is 4.31 Å². The average Bonchev–Trinajstić information content (AvgIpc) is 3.31. The lowest BCUT2D eigenvalue weighted by atomic mass is 10.1. The summed E-state index contributed by atoms with van der Waals surface area (Å²) in [7, 11) is -2.46. The first-order valence-electron chi connectivity index (χ1n) is 10.1. The summed E-state index contributed by atoms with van der Waals surface area (Å²) in [6.07, 6.45) is 9.71. The minimum Gasteiger partial charge on any atom is -0.356 e. The van der Waals surface area contributed by atoms with E-state index in [1.165, 1.54) is 32.2 Å². The van der Waals surface area contributed by atoms with Gasteiger partial charge in [-0.1, -0.05) is 25.7 Å². The van der Waals surface area contributed by atoms with Crippen molar-refractivity contribution in [2.75, 3.05) is 26.7 Å². The molecule has 2 aliphatic rings. The topological polar surface area (TPSA) is 103 Å². The van der Waals surface area contributed by atoms with Gasteiger partial charge < -0.3 is 15.2 Å². The van der Waals surface area contributed by atoms with Crippen molar-refractivity contribution in [1.29, 1.82) is 0 Å². The maximum atomic E-state index is 12.8. The molecule has 0 atom stereocenters. The normalized spacial score (nSPS) is 19.0. The fourth-order valence-corrected chi connectivity index (χ4v) is 5.02. The molecule has 3 rings (SSSR count). The van der Waals surface area contributed by atoms with E-state index in [-0.39, 0.29) is 35.0 Å². The first-order valence-corrected chi connectivity index (χ1v) is 11.6. The third kappa shape index (κ3) is 4.94. The highest BCUT2D eigenvalue weighted by Crippen LogP contribution is 2.19. The molecule has 1 aliphatic heterocycles. The van der Waals surface area contributed by atoms with E-state index >= 15 is 0 Å². The highest BCUT2D eigenvalue weighted by Gasteiger charge is 2.27. The minimum atomic E-state index is -3.85. The number of carbonyl (C=O) groups is 2. The number of nitrogens with one attached hydrogen (secondary N) is 2. The maximum absolute atomic E-state index is 12.8. The first kappa shape index (κ1) is 20.9. The van der Waals surface area contributed by atoms with Crippen molar-refractivity contribution in [2.45, 2.75) is 62.3 Å². The van der Waals surface area contributed by atoms with Crippen molar-refractivity contribution < 1.29 is 18.0 Å². The Bertz CT molecular complexity index is 791. The molecule has 8 nitrogen and oxygen atoms in total. The second-order valence-corrected chi connectivity index (χ2v) is 9.81. The summed E-state index contributed by atoms with van der Waals surface area (Å²) in [5, 5.41) is 2.96. The summed E-state index contributed by atoms with van der Waals surface area (Å²) >= 11 is 0. The standard InChI is InChI=1S/C19H30N4O4S/c1-22(14-18(24)21-15-8-4-2-3-5-9-15)28(26,27)16-12-17(20-13-16)19(25)23-10-6-7-11-23/h12-13,15,20H,2-11,14H2,1H3,(H,21,24). The molecule has 28 heavy (non-hydrogen) atoms. The smallest absolute Gasteiger partial charge is 0.270 e. The molecule has 1 saturated carbocycles. The van der Waals surface area contributed by atoms with Gasteiger partial charge >= 0.3 is 0 Å². The number of hydrogen-bond acceptors (Lipinski definition) is 4. The Balaban J connectivity index is 1.60. The highest BCUT2D eigenvalue weighted by atomic mass is 32.2. The number of likely N-dealkylation sites (tertiary alicyclic amines) is 1. The quantitative estimate of drug-likeness (QED) is 0.697. The van der Waals surface area contributed by atoms with E-state index in [1.807, 2.05) is 0 Å². The molecule has 2 heterocycles. The largest absolute Gasteiger partial charge is 0.356 e. The van der Waals surface area contributed by atoms with Crippen LogP contribution in [0.3, 0.4) is 0 Å². The van der Waals surface area contributed by atoms with Crippen LogP contribution in [-0.2, 0) is 14.8 Å². The molecule has 0 radical (unpaired) electrons. The lowest BCUT2D eigenvalue weighted by Crippen LogP contribution is -2.42. The van der Waals surface area contributed by atoms with Gasteiger partial charge in [-0.25, -0.2) is 8.42 Å². The predicted octanol–water partition coefficient (Wildman–Crippen LogP) is 1.71. The Morgan fingerprint density at radius 1 is 1.14 bits per heavy atom.